The number of nitrogen functional groups attached to an aromatic ring is 1. The zero-order chi connectivity index (χ0) is 57.2. The Balaban J connectivity index is 0.000000364. The van der Waals surface area contributed by atoms with Crippen molar-refractivity contribution < 1.29 is 110 Å². The number of phenolic OH excluding ortho intramolecular Hbond substituents is 1. The van der Waals surface area contributed by atoms with Crippen LogP contribution in [0.2, 0.25) is 5.28 Å². The summed E-state index contributed by atoms with van der Waals surface area (Å²) in [6.45, 7) is 1.83. The minimum absolute atomic E-state index is 0. The Morgan fingerprint density at radius 2 is 1.18 bits per heavy atom. The third-order valence-electron chi connectivity index (χ3n) is 10.3. The summed E-state index contributed by atoms with van der Waals surface area (Å²) in [5.41, 5.74) is 28.9. The van der Waals surface area contributed by atoms with E-state index in [1.807, 2.05) is 30.3 Å². The molecule has 1 aromatic heterocycles. The molecule has 0 bridgehead atoms. The maximum atomic E-state index is 12.6. The molecule has 2 atom stereocenters. The third kappa shape index (κ3) is 19.4. The van der Waals surface area contributed by atoms with Crippen molar-refractivity contribution in [1.29, 1.82) is 0 Å². The van der Waals surface area contributed by atoms with Crippen LogP contribution in [0.4, 0.5) is 51.7 Å². The molecular formula is C46H49ClN14Na2O13S3. The topological polar surface area (TPSA) is 472 Å². The van der Waals surface area contributed by atoms with Crippen LogP contribution in [0.5, 0.6) is 5.75 Å². The van der Waals surface area contributed by atoms with E-state index in [0.717, 1.165) is 11.8 Å². The molecule has 15 N–H and O–H groups in total. The number of Topliss-reactive ketones (excluding diaryl/α,β-unsaturated/α-hetero) is 2. The molecule has 27 nitrogen and oxygen atoms in total. The monoisotopic (exact) mass is 1180 g/mol. The van der Waals surface area contributed by atoms with Crippen LogP contribution < -0.4 is 109 Å². The molecule has 0 radical (unpaired) electrons. The van der Waals surface area contributed by atoms with Gasteiger partial charge >= 0.3 is 59.1 Å². The summed E-state index contributed by atoms with van der Waals surface area (Å²) in [6.07, 6.45) is 2.57. The largest absolute Gasteiger partial charge is 1.00 e. The maximum absolute atomic E-state index is 12.6. The summed E-state index contributed by atoms with van der Waals surface area (Å²) >= 11 is 9.42. The van der Waals surface area contributed by atoms with Crippen LogP contribution >= 0.6 is 24.2 Å². The summed E-state index contributed by atoms with van der Waals surface area (Å²) in [5, 5.41) is 41.4. The molecule has 0 aliphatic heterocycles. The second-order valence-electron chi connectivity index (χ2n) is 15.4. The average Bonchev–Trinajstić information content (AvgIpc) is 3.38. The van der Waals surface area contributed by atoms with Crippen LogP contribution in [0.15, 0.2) is 143 Å². The smallest absolute Gasteiger partial charge is 0.744 e. The van der Waals surface area contributed by atoms with E-state index >= 15 is 0 Å². The molecule has 0 spiro atoms. The number of phenols is 1. The van der Waals surface area contributed by atoms with Crippen LogP contribution in [-0.4, -0.2) is 99.8 Å². The molecule has 8 rings (SSSR count). The maximum Gasteiger partial charge on any atom is 1.00 e. The third-order valence-corrected chi connectivity index (χ3v) is 12.2. The van der Waals surface area contributed by atoms with Gasteiger partial charge in [-0.25, -0.2) is 16.8 Å². The fraction of sp³-hybridized carbons (Fsp3) is 0.152. The van der Waals surface area contributed by atoms with E-state index in [2.05, 4.69) is 48.8 Å². The van der Waals surface area contributed by atoms with Gasteiger partial charge in [-0.2, -0.15) is 27.6 Å². The van der Waals surface area contributed by atoms with Gasteiger partial charge in [0.2, 0.25) is 17.2 Å². The molecule has 0 saturated heterocycles. The minimum atomic E-state index is -4.89. The number of hydrogen-bond acceptors (Lipinski definition) is 26. The number of fused-ring (bicyclic) bond motifs is 2. The zero-order valence-corrected chi connectivity index (χ0v) is 49.4. The van der Waals surface area contributed by atoms with E-state index < -0.39 is 69.0 Å². The van der Waals surface area contributed by atoms with Crippen molar-refractivity contribution >= 4 is 108 Å². The minimum Gasteiger partial charge on any atom is -0.744 e. The van der Waals surface area contributed by atoms with Crippen LogP contribution in [0.25, 0.3) is 0 Å². The number of nitrogens with one attached hydrogen (secondary N) is 4. The number of nitro groups is 2. The number of aromatic nitrogens is 3. The molecule has 2 aliphatic carbocycles. The van der Waals surface area contributed by atoms with Gasteiger partial charge in [-0.05, 0) is 66.4 Å². The summed E-state index contributed by atoms with van der Waals surface area (Å²) in [5.74, 6) is -3.13. The van der Waals surface area contributed by atoms with Crippen molar-refractivity contribution in [2.45, 2.75) is 4.90 Å². The number of anilines is 7. The predicted molar refractivity (Wildman–Crippen MR) is 290 cm³/mol. The molecule has 79 heavy (non-hydrogen) atoms. The number of carbonyl (C=O) groups is 2. The molecule has 6 aromatic rings. The number of aromatic hydroxyl groups is 1. The molecule has 408 valence electrons. The first kappa shape index (κ1) is 68.6. The van der Waals surface area contributed by atoms with Gasteiger partial charge in [-0.15, -0.1) is 0 Å². The zero-order valence-electron chi connectivity index (χ0n) is 42.1. The molecule has 2 unspecified atom stereocenters. The molecule has 0 saturated carbocycles. The van der Waals surface area contributed by atoms with Gasteiger partial charge in [0.1, 0.15) is 37.4 Å². The number of allylic oxidation sites excluding steroid dienone is 3. The van der Waals surface area contributed by atoms with Crippen molar-refractivity contribution in [1.82, 2.24) is 15.0 Å². The fourth-order valence-electron chi connectivity index (χ4n) is 6.99. The Labute approximate surface area is 507 Å². The summed E-state index contributed by atoms with van der Waals surface area (Å²) in [6, 6.07) is 29.3. The first-order valence-electron chi connectivity index (χ1n) is 21.9. The van der Waals surface area contributed by atoms with Crippen molar-refractivity contribution in [3.63, 3.8) is 0 Å². The van der Waals surface area contributed by atoms with Crippen LogP contribution in [0.3, 0.4) is 0 Å². The number of ketones is 2. The molecule has 0 amide bonds. The van der Waals surface area contributed by atoms with Crippen LogP contribution in [0.1, 0.15) is 20.7 Å². The summed E-state index contributed by atoms with van der Waals surface area (Å²) < 4.78 is 67.8. The summed E-state index contributed by atoms with van der Waals surface area (Å²) in [7, 11) is -9.55. The van der Waals surface area contributed by atoms with Crippen LogP contribution in [0, 0.1) is 32.1 Å². The van der Waals surface area contributed by atoms with E-state index in [4.69, 9.17) is 45.4 Å². The molecular weight excluding hydrogens is 1130 g/mol. The number of halogens is 1. The molecule has 33 heteroatoms. The van der Waals surface area contributed by atoms with Crippen molar-refractivity contribution in [3.05, 3.63) is 174 Å². The molecule has 1 heterocycles. The van der Waals surface area contributed by atoms with Gasteiger partial charge in [0, 0.05) is 78.3 Å². The van der Waals surface area contributed by atoms with E-state index in [9.17, 15) is 55.8 Å². The van der Waals surface area contributed by atoms with E-state index in [1.54, 1.807) is 30.5 Å². The van der Waals surface area contributed by atoms with E-state index in [-0.39, 0.29) is 127 Å². The number of benzene rings is 5. The van der Waals surface area contributed by atoms with Crippen molar-refractivity contribution in [2.24, 2.45) is 34.8 Å². The number of para-hydroxylation sites is 2. The van der Waals surface area contributed by atoms with E-state index in [1.165, 1.54) is 60.7 Å². The second kappa shape index (κ2) is 31.9. The molecule has 5 aromatic carbocycles. The quantitative estimate of drug-likeness (QED) is 0.0149. The number of nitrogens with two attached hydrogens (primary N) is 5. The molecule has 2 aliphatic rings. The molecule has 0 fully saturated rings. The number of rotatable bonds is 14. The Bertz CT molecular complexity index is 3430. The predicted octanol–water partition coefficient (Wildman–Crippen LogP) is -1.44. The Hall–Kier alpha value is -6.49. The number of thiol groups is 1. The van der Waals surface area contributed by atoms with Crippen molar-refractivity contribution in [2.75, 3.05) is 59.4 Å². The number of carbonyl (C=O) groups excluding carboxylic acids is 2. The van der Waals surface area contributed by atoms with Gasteiger partial charge in [0.15, 0.2) is 11.6 Å². The van der Waals surface area contributed by atoms with Crippen LogP contribution in [-0.2, 0) is 20.2 Å². The first-order valence-corrected chi connectivity index (χ1v) is 26.0. The van der Waals surface area contributed by atoms with Crippen molar-refractivity contribution in [3.8, 4) is 5.75 Å². The standard InChI is InChI=1S/C15H12ClN5O3S.C14H12N2O5S.C8H12N4O2.C8H11N3O3.CH4S.2Na/c16-13-19-14(17-10-6-2-1-3-7-10)21-15(20-13)18-11-8-4-5-9-12(11)25(22,23)24;15-8-5-9(22(19,20)21)12(16)11-10(8)13(17)6-3-1-2-4-7(6)14(11)18;9-3-4-11-6-1-2-7(10)8(5-6)12(13)14;9-3-4-10-7-5-6(12)1-2-8(7)11(13)14;1-2;;/h1-9H,(H,22,23,24)(H2,17,18,19,20,21);1-5,10-11H,15-16H2,(H,19,20,21);1-2,5,11H,3-4,9-10H2;1-2,5,10,12H,3-4,9H2;2H,1H3;;/q;;;;;2*+1/p-2. The number of nitrogens with zero attached hydrogens (tertiary/aromatic N) is 5. The summed E-state index contributed by atoms with van der Waals surface area (Å²) in [4.78, 5) is 56.0. The van der Waals surface area contributed by atoms with Gasteiger partial charge in [0.05, 0.1) is 37.2 Å². The average molecular weight is 1180 g/mol. The first-order chi connectivity index (χ1) is 36.4. The Morgan fingerprint density at radius 1 is 0.646 bits per heavy atom. The van der Waals surface area contributed by atoms with E-state index in [0.29, 0.717) is 31.9 Å². The van der Waals surface area contributed by atoms with Gasteiger partial charge in [0.25, 0.3) is 11.4 Å². The van der Waals surface area contributed by atoms with Gasteiger partial charge in [-0.3, -0.25) is 29.8 Å². The number of hydrogen-bond donors (Lipinski definition) is 11. The second-order valence-corrected chi connectivity index (χ2v) is 18.4. The normalized spacial score (nSPS) is 13.9. The fourth-order valence-corrected chi connectivity index (χ4v) is 8.48. The van der Waals surface area contributed by atoms with Gasteiger partial charge < -0.3 is 64.1 Å². The Morgan fingerprint density at radius 3 is 1.73 bits per heavy atom. The number of nitro benzene ring substituents is 2. The Kier molecular flexibility index (Phi) is 27.7. The van der Waals surface area contributed by atoms with Gasteiger partial charge in [-0.1, -0.05) is 54.6 Å². The SMILES string of the molecule is CS.NC1=CC(S(=O)(=O)[O-])=C(N)C2C(=O)c3ccccc3C(=O)C12.NCCNc1cc(O)ccc1[N+](=O)[O-].NCCNc1ccc(N)c([N+](=O)[O-])c1.O=S(=O)([O-])c1ccccc1Nc1nc(Cl)nc(Nc2ccccc2)n1.[Na+].[Na+].